The molecule has 3 rings (SSSR count). The number of pyridine rings is 1. The number of rotatable bonds is 7. The van der Waals surface area contributed by atoms with Crippen LogP contribution in [0.4, 0.5) is 4.39 Å². The lowest BCUT2D eigenvalue weighted by molar-refractivity contribution is -0.117. The van der Waals surface area contributed by atoms with Crippen LogP contribution in [-0.2, 0) is 11.3 Å². The summed E-state index contributed by atoms with van der Waals surface area (Å²) in [5, 5.41) is 21.2. The van der Waals surface area contributed by atoms with Crippen molar-refractivity contribution in [3.63, 3.8) is 0 Å². The van der Waals surface area contributed by atoms with Crippen molar-refractivity contribution in [1.29, 1.82) is 0 Å². The topological polar surface area (TPSA) is 94.5 Å². The summed E-state index contributed by atoms with van der Waals surface area (Å²) in [5.41, 5.74) is 5.11. The normalized spacial score (nSPS) is 15.3. The van der Waals surface area contributed by atoms with E-state index in [1.54, 1.807) is 60.4 Å². The number of aliphatic hydroxyl groups is 1. The number of nitrogens with zero attached hydrogens (tertiary/aromatic N) is 1. The first-order chi connectivity index (χ1) is 14.1. The van der Waals surface area contributed by atoms with Gasteiger partial charge in [-0.15, -0.1) is 0 Å². The fraction of sp³-hybridized carbons (Fsp3) is 0.182. The van der Waals surface area contributed by atoms with Crippen molar-refractivity contribution in [2.45, 2.75) is 25.6 Å². The van der Waals surface area contributed by atoms with Crippen LogP contribution in [-0.4, -0.2) is 21.2 Å². The first kappa shape index (κ1) is 20.6. The largest absolute Gasteiger partial charge is 0.372 e. The summed E-state index contributed by atoms with van der Waals surface area (Å²) in [6.45, 7) is 0.281. The molecule has 0 aliphatic heterocycles. The van der Waals surface area contributed by atoms with Crippen LogP contribution in [0.1, 0.15) is 35.8 Å². The summed E-state index contributed by atoms with van der Waals surface area (Å²) < 4.78 is 13.4. The molecule has 1 aromatic carbocycles. The van der Waals surface area contributed by atoms with Crippen molar-refractivity contribution in [3.8, 4) is 0 Å². The van der Waals surface area contributed by atoms with E-state index in [1.807, 2.05) is 6.07 Å². The van der Waals surface area contributed by atoms with Gasteiger partial charge >= 0.3 is 0 Å². The second-order valence-corrected chi connectivity index (χ2v) is 6.61. The molecule has 1 unspecified atom stereocenters. The van der Waals surface area contributed by atoms with Crippen molar-refractivity contribution in [3.05, 3.63) is 94.6 Å². The average molecular weight is 395 g/mol. The molecular formula is C22H22FN3O3. The minimum Gasteiger partial charge on any atom is -0.372 e. The maximum atomic E-state index is 13.4. The van der Waals surface area contributed by atoms with Crippen LogP contribution in [0.15, 0.2) is 77.9 Å². The smallest absolute Gasteiger partial charge is 0.251 e. The lowest BCUT2D eigenvalue weighted by Crippen LogP contribution is -2.25. The minimum absolute atomic E-state index is 0.200. The Morgan fingerprint density at radius 1 is 1.21 bits per heavy atom. The Morgan fingerprint density at radius 2 is 2.00 bits per heavy atom. The molecule has 1 atom stereocenters. The van der Waals surface area contributed by atoms with Gasteiger partial charge in [-0.05, 0) is 46.9 Å². The van der Waals surface area contributed by atoms with Gasteiger partial charge in [-0.2, -0.15) is 5.48 Å². The Bertz CT molecular complexity index is 938. The van der Waals surface area contributed by atoms with Gasteiger partial charge in [-0.25, -0.2) is 4.39 Å². The molecule has 4 N–H and O–H groups in total. The van der Waals surface area contributed by atoms with Crippen LogP contribution in [0.5, 0.6) is 0 Å². The Balaban J connectivity index is 1.76. The van der Waals surface area contributed by atoms with Crippen LogP contribution in [0.3, 0.4) is 0 Å². The molecule has 0 fully saturated rings. The van der Waals surface area contributed by atoms with E-state index >= 15 is 0 Å². The lowest BCUT2D eigenvalue weighted by atomic mass is 9.94. The maximum Gasteiger partial charge on any atom is 0.251 e. The molecule has 1 aliphatic rings. The van der Waals surface area contributed by atoms with E-state index in [2.05, 4.69) is 10.3 Å². The van der Waals surface area contributed by atoms with Crippen LogP contribution in [0.2, 0.25) is 0 Å². The molecule has 6 nitrogen and oxygen atoms in total. The molecule has 150 valence electrons. The van der Waals surface area contributed by atoms with Crippen molar-refractivity contribution < 1.29 is 19.5 Å². The molecule has 0 saturated carbocycles. The highest BCUT2D eigenvalue weighted by Crippen LogP contribution is 2.26. The summed E-state index contributed by atoms with van der Waals surface area (Å²) in [6, 6.07) is 10.4. The number of amides is 1. The van der Waals surface area contributed by atoms with E-state index in [-0.39, 0.29) is 24.7 Å². The van der Waals surface area contributed by atoms with E-state index in [9.17, 15) is 14.3 Å². The van der Waals surface area contributed by atoms with Gasteiger partial charge in [0.2, 0.25) is 0 Å². The van der Waals surface area contributed by atoms with Gasteiger partial charge < -0.3 is 15.6 Å². The van der Waals surface area contributed by atoms with Gasteiger partial charge in [0.05, 0.1) is 0 Å². The molecule has 2 aromatic rings. The zero-order chi connectivity index (χ0) is 20.6. The van der Waals surface area contributed by atoms with E-state index in [1.165, 1.54) is 6.08 Å². The number of benzene rings is 1. The van der Waals surface area contributed by atoms with Gasteiger partial charge in [0.15, 0.2) is 6.23 Å². The quantitative estimate of drug-likeness (QED) is 0.328. The predicted molar refractivity (Wildman–Crippen MR) is 107 cm³/mol. The summed E-state index contributed by atoms with van der Waals surface area (Å²) >= 11 is 0. The number of nitrogens with one attached hydrogen (secondary N) is 2. The predicted octanol–water partition coefficient (Wildman–Crippen LogP) is 3.32. The number of aliphatic hydroxyl groups excluding tert-OH is 1. The number of hydrogen-bond donors (Lipinski definition) is 4. The molecule has 0 radical (unpaired) electrons. The van der Waals surface area contributed by atoms with E-state index in [0.717, 1.165) is 16.7 Å². The van der Waals surface area contributed by atoms with E-state index in [4.69, 9.17) is 5.21 Å². The first-order valence-electron chi connectivity index (χ1n) is 9.19. The molecule has 1 aromatic heterocycles. The van der Waals surface area contributed by atoms with Crippen molar-refractivity contribution in [2.24, 2.45) is 0 Å². The third-order valence-electron chi connectivity index (χ3n) is 4.56. The second kappa shape index (κ2) is 9.88. The zero-order valence-corrected chi connectivity index (χ0v) is 15.7. The molecule has 1 aliphatic carbocycles. The molecule has 29 heavy (non-hydrogen) atoms. The van der Waals surface area contributed by atoms with Gasteiger partial charge in [-0.1, -0.05) is 36.4 Å². The number of halogens is 1. The summed E-state index contributed by atoms with van der Waals surface area (Å²) in [4.78, 5) is 17.0. The molecule has 7 heteroatoms. The number of carbonyl (C=O) groups excluding carboxylic acids is 1. The van der Waals surface area contributed by atoms with Crippen molar-refractivity contribution in [2.75, 3.05) is 0 Å². The van der Waals surface area contributed by atoms with Gasteiger partial charge in [0, 0.05) is 30.9 Å². The van der Waals surface area contributed by atoms with E-state index in [0.29, 0.717) is 17.6 Å². The second-order valence-electron chi connectivity index (χ2n) is 6.61. The number of hydroxylamine groups is 1. The van der Waals surface area contributed by atoms with Crippen molar-refractivity contribution in [1.82, 2.24) is 15.8 Å². The minimum atomic E-state index is -1.17. The van der Waals surface area contributed by atoms with Crippen LogP contribution in [0.25, 0.3) is 6.08 Å². The van der Waals surface area contributed by atoms with Gasteiger partial charge in [-0.3, -0.25) is 9.78 Å². The highest BCUT2D eigenvalue weighted by molar-refractivity contribution is 6.02. The third-order valence-corrected chi connectivity index (χ3v) is 4.56. The molecule has 1 amide bonds. The SMILES string of the molecule is O=C(NCc1ccc(C(O)NO)cc1)/C(=C/c1cccnc1)C1=CC=C(F)CC1. The average Bonchev–Trinajstić information content (AvgIpc) is 2.77. The highest BCUT2D eigenvalue weighted by Gasteiger charge is 2.17. The van der Waals surface area contributed by atoms with Crippen LogP contribution < -0.4 is 10.8 Å². The number of allylic oxidation sites excluding steroid dienone is 3. The Hall–Kier alpha value is -3.13. The summed E-state index contributed by atoms with van der Waals surface area (Å²) in [6.07, 6.45) is 7.64. The van der Waals surface area contributed by atoms with Gasteiger partial charge in [0.25, 0.3) is 5.91 Å². The Morgan fingerprint density at radius 3 is 2.62 bits per heavy atom. The fourth-order valence-corrected chi connectivity index (χ4v) is 2.94. The third kappa shape index (κ3) is 5.68. The number of carbonyl (C=O) groups is 1. The molecular weight excluding hydrogens is 373 g/mol. The molecule has 0 spiro atoms. The Kier molecular flexibility index (Phi) is 7.02. The summed E-state index contributed by atoms with van der Waals surface area (Å²) in [5.74, 6) is -0.466. The maximum absolute atomic E-state index is 13.4. The van der Waals surface area contributed by atoms with Gasteiger partial charge in [0.1, 0.15) is 5.83 Å². The molecule has 0 saturated heterocycles. The lowest BCUT2D eigenvalue weighted by Gasteiger charge is -2.15. The van der Waals surface area contributed by atoms with Crippen molar-refractivity contribution >= 4 is 12.0 Å². The highest BCUT2D eigenvalue weighted by atomic mass is 19.1. The monoisotopic (exact) mass is 395 g/mol. The number of hydrogen-bond acceptors (Lipinski definition) is 5. The Labute approximate surface area is 168 Å². The van der Waals surface area contributed by atoms with Crippen LogP contribution >= 0.6 is 0 Å². The van der Waals surface area contributed by atoms with Crippen LogP contribution in [0, 0.1) is 0 Å². The zero-order valence-electron chi connectivity index (χ0n) is 15.7. The molecule has 0 bridgehead atoms. The van der Waals surface area contributed by atoms with E-state index < -0.39 is 6.23 Å². The standard InChI is InChI=1S/C22H22FN3O3/c23-19-9-7-17(8-10-19)20(12-16-2-1-11-24-13-16)22(28)25-14-15-3-5-18(6-4-15)21(27)26-29/h1-7,9,11-13,21,26-27,29H,8,10,14H2,(H,25,28)/b20-12+. The number of aromatic nitrogens is 1. The molecule has 1 heterocycles. The first-order valence-corrected chi connectivity index (χ1v) is 9.19. The summed E-state index contributed by atoms with van der Waals surface area (Å²) in [7, 11) is 0. The fourth-order valence-electron chi connectivity index (χ4n) is 2.94.